The van der Waals surface area contributed by atoms with Gasteiger partial charge in [0.05, 0.1) is 0 Å². The number of nitrogen functional groups attached to an aromatic ring is 1. The van der Waals surface area contributed by atoms with Gasteiger partial charge < -0.3 is 11.1 Å². The van der Waals surface area contributed by atoms with Gasteiger partial charge in [-0.1, -0.05) is 40.7 Å². The van der Waals surface area contributed by atoms with E-state index in [0.717, 1.165) is 29.8 Å². The second-order valence-electron chi connectivity index (χ2n) is 6.89. The van der Waals surface area contributed by atoms with Crippen molar-refractivity contribution < 1.29 is 4.79 Å². The van der Waals surface area contributed by atoms with E-state index in [9.17, 15) is 4.79 Å². The quantitative estimate of drug-likeness (QED) is 0.791. The molecule has 0 radical (unpaired) electrons. The normalized spacial score (nSPS) is 13.1. The van der Waals surface area contributed by atoms with Gasteiger partial charge in [-0.25, -0.2) is 0 Å². The maximum Gasteiger partial charge on any atom is 0.224 e. The fourth-order valence-electron chi connectivity index (χ4n) is 2.64. The van der Waals surface area contributed by atoms with E-state index in [0.29, 0.717) is 12.3 Å². The molecule has 1 amide bonds. The van der Waals surface area contributed by atoms with E-state index in [4.69, 9.17) is 5.73 Å². The Hall–Kier alpha value is -1.51. The summed E-state index contributed by atoms with van der Waals surface area (Å²) in [7, 11) is 0. The minimum absolute atomic E-state index is 0.0606. The molecule has 0 heterocycles. The van der Waals surface area contributed by atoms with Crippen LogP contribution < -0.4 is 11.1 Å². The highest BCUT2D eigenvalue weighted by Gasteiger charge is 2.17. The van der Waals surface area contributed by atoms with E-state index in [1.807, 2.05) is 18.2 Å². The van der Waals surface area contributed by atoms with Crippen molar-refractivity contribution in [3.8, 4) is 0 Å². The number of hydrogen-bond acceptors (Lipinski definition) is 2. The van der Waals surface area contributed by atoms with Gasteiger partial charge in [0.2, 0.25) is 5.91 Å². The predicted octanol–water partition coefficient (Wildman–Crippen LogP) is 4.23. The Morgan fingerprint density at radius 3 is 2.50 bits per heavy atom. The molecule has 0 spiro atoms. The molecular formula is C17H28N2O. The van der Waals surface area contributed by atoms with Crippen molar-refractivity contribution in [2.75, 3.05) is 11.1 Å². The van der Waals surface area contributed by atoms with Crippen LogP contribution in [0.3, 0.4) is 0 Å². The Morgan fingerprint density at radius 1 is 1.35 bits per heavy atom. The Kier molecular flexibility index (Phi) is 5.61. The molecule has 1 aromatic rings. The lowest BCUT2D eigenvalue weighted by atomic mass is 9.84. The van der Waals surface area contributed by atoms with Gasteiger partial charge in [0.25, 0.3) is 0 Å². The molecule has 0 saturated carbocycles. The highest BCUT2D eigenvalue weighted by Crippen LogP contribution is 2.26. The van der Waals surface area contributed by atoms with Gasteiger partial charge in [-0.05, 0) is 41.9 Å². The number of anilines is 2. The van der Waals surface area contributed by atoms with Gasteiger partial charge in [0.15, 0.2) is 0 Å². The molecule has 1 rings (SSSR count). The fourth-order valence-corrected chi connectivity index (χ4v) is 2.64. The first-order valence-corrected chi connectivity index (χ1v) is 7.39. The van der Waals surface area contributed by atoms with Gasteiger partial charge in [-0.3, -0.25) is 4.79 Å². The molecule has 0 saturated heterocycles. The molecule has 0 fully saturated rings. The lowest BCUT2D eigenvalue weighted by Crippen LogP contribution is -2.19. The summed E-state index contributed by atoms with van der Waals surface area (Å²) in [6.45, 7) is 10.8. The van der Waals surface area contributed by atoms with Gasteiger partial charge in [0, 0.05) is 17.8 Å². The molecule has 112 valence electrons. The van der Waals surface area contributed by atoms with Crippen molar-refractivity contribution in [2.24, 2.45) is 11.3 Å². The van der Waals surface area contributed by atoms with E-state index >= 15 is 0 Å². The summed E-state index contributed by atoms with van der Waals surface area (Å²) in [4.78, 5) is 12.0. The number of amides is 1. The SMILES string of the molecule is CCc1ccc(NC(=O)CC(C)CC(C)(C)C)cc1N. The third-order valence-electron chi connectivity index (χ3n) is 3.31. The number of nitrogens with two attached hydrogens (primary N) is 1. The number of hydrogen-bond donors (Lipinski definition) is 2. The third kappa shape index (κ3) is 5.64. The third-order valence-corrected chi connectivity index (χ3v) is 3.31. The Bertz CT molecular complexity index is 461. The van der Waals surface area contributed by atoms with Crippen molar-refractivity contribution in [3.63, 3.8) is 0 Å². The molecule has 3 N–H and O–H groups in total. The van der Waals surface area contributed by atoms with Crippen LogP contribution in [0.4, 0.5) is 11.4 Å². The zero-order valence-electron chi connectivity index (χ0n) is 13.4. The van der Waals surface area contributed by atoms with Crippen LogP contribution in [0, 0.1) is 11.3 Å². The van der Waals surface area contributed by atoms with Crippen LogP contribution in [0.15, 0.2) is 18.2 Å². The van der Waals surface area contributed by atoms with Crippen molar-refractivity contribution in [3.05, 3.63) is 23.8 Å². The van der Waals surface area contributed by atoms with Crippen LogP contribution >= 0.6 is 0 Å². The molecule has 1 aromatic carbocycles. The lowest BCUT2D eigenvalue weighted by molar-refractivity contribution is -0.117. The number of aryl methyl sites for hydroxylation is 1. The average Bonchev–Trinajstić information content (AvgIpc) is 2.25. The topological polar surface area (TPSA) is 55.1 Å². The first-order chi connectivity index (χ1) is 9.21. The molecule has 0 aliphatic heterocycles. The summed E-state index contributed by atoms with van der Waals surface area (Å²) in [5.74, 6) is 0.438. The minimum atomic E-state index is 0.0606. The summed E-state index contributed by atoms with van der Waals surface area (Å²) in [5, 5.41) is 2.93. The van der Waals surface area contributed by atoms with Crippen LogP contribution in [0.25, 0.3) is 0 Å². The van der Waals surface area contributed by atoms with Crippen LogP contribution in [0.5, 0.6) is 0 Å². The predicted molar refractivity (Wildman–Crippen MR) is 86.7 cm³/mol. The van der Waals surface area contributed by atoms with Crippen molar-refractivity contribution >= 4 is 17.3 Å². The Balaban J connectivity index is 2.56. The molecule has 20 heavy (non-hydrogen) atoms. The fraction of sp³-hybridized carbons (Fsp3) is 0.588. The van der Waals surface area contributed by atoms with E-state index in [1.165, 1.54) is 0 Å². The number of benzene rings is 1. The molecule has 0 aliphatic rings. The number of rotatable bonds is 5. The van der Waals surface area contributed by atoms with Crippen molar-refractivity contribution in [1.29, 1.82) is 0 Å². The van der Waals surface area contributed by atoms with Crippen LogP contribution in [-0.4, -0.2) is 5.91 Å². The summed E-state index contributed by atoms with van der Waals surface area (Å²) in [6, 6.07) is 5.73. The smallest absolute Gasteiger partial charge is 0.224 e. The zero-order valence-corrected chi connectivity index (χ0v) is 13.4. The summed E-state index contributed by atoms with van der Waals surface area (Å²) in [5.41, 5.74) is 8.84. The Morgan fingerprint density at radius 2 is 2.00 bits per heavy atom. The molecule has 3 nitrogen and oxygen atoms in total. The second kappa shape index (κ2) is 6.78. The molecular weight excluding hydrogens is 248 g/mol. The summed E-state index contributed by atoms with van der Waals surface area (Å²) in [6.07, 6.45) is 2.49. The molecule has 1 unspecified atom stereocenters. The summed E-state index contributed by atoms with van der Waals surface area (Å²) < 4.78 is 0. The standard InChI is InChI=1S/C17H28N2O/c1-6-13-7-8-14(10-15(13)18)19-16(20)9-12(2)11-17(3,4)5/h7-8,10,12H,6,9,11,18H2,1-5H3,(H,19,20). The van der Waals surface area contributed by atoms with E-state index in [1.54, 1.807) is 0 Å². The van der Waals surface area contributed by atoms with Gasteiger partial charge >= 0.3 is 0 Å². The first kappa shape index (κ1) is 16.5. The van der Waals surface area contributed by atoms with E-state index in [2.05, 4.69) is 39.9 Å². The maximum absolute atomic E-state index is 12.0. The highest BCUT2D eigenvalue weighted by atomic mass is 16.1. The molecule has 3 heteroatoms. The minimum Gasteiger partial charge on any atom is -0.398 e. The summed E-state index contributed by atoms with van der Waals surface area (Å²) >= 11 is 0. The molecule has 0 bridgehead atoms. The van der Waals surface area contributed by atoms with Crippen molar-refractivity contribution in [1.82, 2.24) is 0 Å². The van der Waals surface area contributed by atoms with Crippen molar-refractivity contribution in [2.45, 2.75) is 53.9 Å². The highest BCUT2D eigenvalue weighted by molar-refractivity contribution is 5.91. The number of carbonyl (C=O) groups is 1. The molecule has 0 aliphatic carbocycles. The maximum atomic E-state index is 12.0. The number of nitrogens with one attached hydrogen (secondary N) is 1. The van der Waals surface area contributed by atoms with Crippen LogP contribution in [0.2, 0.25) is 0 Å². The second-order valence-corrected chi connectivity index (χ2v) is 6.89. The largest absolute Gasteiger partial charge is 0.398 e. The first-order valence-electron chi connectivity index (χ1n) is 7.39. The van der Waals surface area contributed by atoms with Gasteiger partial charge in [-0.2, -0.15) is 0 Å². The van der Waals surface area contributed by atoms with Gasteiger partial charge in [-0.15, -0.1) is 0 Å². The average molecular weight is 276 g/mol. The molecule has 0 aromatic heterocycles. The van der Waals surface area contributed by atoms with Gasteiger partial charge in [0.1, 0.15) is 0 Å². The van der Waals surface area contributed by atoms with E-state index < -0.39 is 0 Å². The molecule has 1 atom stereocenters. The lowest BCUT2D eigenvalue weighted by Gasteiger charge is -2.22. The van der Waals surface area contributed by atoms with Crippen LogP contribution in [-0.2, 0) is 11.2 Å². The monoisotopic (exact) mass is 276 g/mol. The van der Waals surface area contributed by atoms with Crippen LogP contribution in [0.1, 0.15) is 53.0 Å². The Labute approximate surface area is 122 Å². The zero-order chi connectivity index (χ0) is 15.3. The number of carbonyl (C=O) groups excluding carboxylic acids is 1. The van der Waals surface area contributed by atoms with E-state index in [-0.39, 0.29) is 11.3 Å².